The first-order valence-corrected chi connectivity index (χ1v) is 6.23. The van der Waals surface area contributed by atoms with Gasteiger partial charge in [-0.15, -0.1) is 0 Å². The summed E-state index contributed by atoms with van der Waals surface area (Å²) in [6.07, 6.45) is 3.31. The number of esters is 2. The van der Waals surface area contributed by atoms with Crippen molar-refractivity contribution in [3.05, 3.63) is 12.7 Å². The van der Waals surface area contributed by atoms with Gasteiger partial charge in [0, 0.05) is 6.08 Å². The minimum atomic E-state index is -0.864. The first-order chi connectivity index (χ1) is 9.04. The van der Waals surface area contributed by atoms with Crippen LogP contribution in [-0.4, -0.2) is 36.2 Å². The van der Waals surface area contributed by atoms with E-state index in [4.69, 9.17) is 9.84 Å². The molecule has 1 N–H and O–H groups in total. The number of hydrogen-bond donors (Lipinski definition) is 1. The highest BCUT2D eigenvalue weighted by Crippen LogP contribution is 2.29. The zero-order valence-corrected chi connectivity index (χ0v) is 10.7. The largest absolute Gasteiger partial charge is 0.481 e. The minimum Gasteiger partial charge on any atom is -0.481 e. The lowest BCUT2D eigenvalue weighted by Crippen LogP contribution is -2.29. The van der Waals surface area contributed by atoms with E-state index >= 15 is 0 Å². The van der Waals surface area contributed by atoms with Gasteiger partial charge in [0.25, 0.3) is 0 Å². The summed E-state index contributed by atoms with van der Waals surface area (Å²) in [5.41, 5.74) is 0. The maximum Gasteiger partial charge on any atom is 0.330 e. The maximum atomic E-state index is 11.7. The molecule has 6 heteroatoms. The SMILES string of the molecule is C=CC(=O)OCCOC(=O)C1CCCC(C(=O)O)C1. The van der Waals surface area contributed by atoms with Gasteiger partial charge in [0.15, 0.2) is 0 Å². The van der Waals surface area contributed by atoms with E-state index in [2.05, 4.69) is 11.3 Å². The van der Waals surface area contributed by atoms with Crippen molar-refractivity contribution in [2.75, 3.05) is 13.2 Å². The fraction of sp³-hybridized carbons (Fsp3) is 0.615. The van der Waals surface area contributed by atoms with Crippen LogP contribution in [0.25, 0.3) is 0 Å². The first-order valence-electron chi connectivity index (χ1n) is 6.23. The predicted molar refractivity (Wildman–Crippen MR) is 65.2 cm³/mol. The van der Waals surface area contributed by atoms with E-state index < -0.39 is 23.8 Å². The molecule has 2 atom stereocenters. The number of aliphatic carboxylic acids is 1. The molecule has 1 saturated carbocycles. The third-order valence-electron chi connectivity index (χ3n) is 3.10. The lowest BCUT2D eigenvalue weighted by Gasteiger charge is -2.24. The van der Waals surface area contributed by atoms with Crippen LogP contribution in [0.1, 0.15) is 25.7 Å². The van der Waals surface area contributed by atoms with Crippen LogP contribution >= 0.6 is 0 Å². The van der Waals surface area contributed by atoms with E-state index in [9.17, 15) is 14.4 Å². The highest BCUT2D eigenvalue weighted by Gasteiger charge is 2.31. The molecule has 19 heavy (non-hydrogen) atoms. The maximum absolute atomic E-state index is 11.7. The van der Waals surface area contributed by atoms with Crippen molar-refractivity contribution in [1.29, 1.82) is 0 Å². The molecule has 1 aliphatic rings. The summed E-state index contributed by atoms with van der Waals surface area (Å²) in [6, 6.07) is 0. The first kappa shape index (κ1) is 15.2. The average molecular weight is 270 g/mol. The van der Waals surface area contributed by atoms with Gasteiger partial charge in [-0.1, -0.05) is 13.0 Å². The highest BCUT2D eigenvalue weighted by atomic mass is 16.6. The number of rotatable bonds is 6. The summed E-state index contributed by atoms with van der Waals surface area (Å²) in [6.45, 7) is 3.19. The topological polar surface area (TPSA) is 89.9 Å². The molecule has 0 heterocycles. The third kappa shape index (κ3) is 5.11. The van der Waals surface area contributed by atoms with Crippen LogP contribution in [0, 0.1) is 11.8 Å². The van der Waals surface area contributed by atoms with E-state index in [1.165, 1.54) is 0 Å². The van der Waals surface area contributed by atoms with E-state index in [1.54, 1.807) is 0 Å². The third-order valence-corrected chi connectivity index (χ3v) is 3.10. The molecule has 0 radical (unpaired) electrons. The van der Waals surface area contributed by atoms with Gasteiger partial charge in [0.1, 0.15) is 13.2 Å². The molecule has 0 aromatic rings. The van der Waals surface area contributed by atoms with E-state index in [0.717, 1.165) is 6.08 Å². The zero-order chi connectivity index (χ0) is 14.3. The van der Waals surface area contributed by atoms with Crippen LogP contribution in [0.15, 0.2) is 12.7 Å². The molecule has 0 aromatic carbocycles. The van der Waals surface area contributed by atoms with Gasteiger partial charge in [0.2, 0.25) is 0 Å². The van der Waals surface area contributed by atoms with Crippen molar-refractivity contribution in [2.24, 2.45) is 11.8 Å². The van der Waals surface area contributed by atoms with Gasteiger partial charge in [-0.05, 0) is 19.3 Å². The predicted octanol–water partition coefficient (Wildman–Crippen LogP) is 1.15. The lowest BCUT2D eigenvalue weighted by molar-refractivity contribution is -0.156. The lowest BCUT2D eigenvalue weighted by atomic mass is 9.81. The number of carbonyl (C=O) groups excluding carboxylic acids is 2. The van der Waals surface area contributed by atoms with Gasteiger partial charge >= 0.3 is 17.9 Å². The Morgan fingerprint density at radius 2 is 1.79 bits per heavy atom. The molecule has 1 fully saturated rings. The fourth-order valence-electron chi connectivity index (χ4n) is 2.09. The molecular weight excluding hydrogens is 252 g/mol. The van der Waals surface area contributed by atoms with Crippen LogP contribution < -0.4 is 0 Å². The quantitative estimate of drug-likeness (QED) is 0.442. The van der Waals surface area contributed by atoms with Crippen molar-refractivity contribution >= 4 is 17.9 Å². The van der Waals surface area contributed by atoms with Crippen LogP contribution in [0.5, 0.6) is 0 Å². The summed E-state index contributed by atoms with van der Waals surface area (Å²) < 4.78 is 9.62. The van der Waals surface area contributed by atoms with Gasteiger partial charge < -0.3 is 14.6 Å². The molecule has 0 saturated heterocycles. The van der Waals surface area contributed by atoms with Crippen LogP contribution in [0.2, 0.25) is 0 Å². The second kappa shape index (κ2) is 7.56. The standard InChI is InChI=1S/C13H18O6/c1-2-11(14)18-6-7-19-13(17)10-5-3-4-9(8-10)12(15)16/h2,9-10H,1,3-8H2,(H,15,16). The molecule has 0 bridgehead atoms. The Balaban J connectivity index is 2.27. The molecular formula is C13H18O6. The summed E-state index contributed by atoms with van der Waals surface area (Å²) in [7, 11) is 0. The van der Waals surface area contributed by atoms with Crippen molar-refractivity contribution < 1.29 is 29.0 Å². The summed E-state index contributed by atoms with van der Waals surface area (Å²) >= 11 is 0. The Morgan fingerprint density at radius 1 is 1.16 bits per heavy atom. The molecule has 1 rings (SSSR count). The number of carbonyl (C=O) groups is 3. The van der Waals surface area contributed by atoms with Gasteiger partial charge in [-0.25, -0.2) is 4.79 Å². The Hall–Kier alpha value is -1.85. The molecule has 6 nitrogen and oxygen atoms in total. The number of carboxylic acids is 1. The van der Waals surface area contributed by atoms with Gasteiger partial charge in [-0.2, -0.15) is 0 Å². The molecule has 0 spiro atoms. The van der Waals surface area contributed by atoms with E-state index in [0.29, 0.717) is 25.7 Å². The minimum absolute atomic E-state index is 0.0212. The Morgan fingerprint density at radius 3 is 2.42 bits per heavy atom. The Labute approximate surface area is 111 Å². The molecule has 106 valence electrons. The molecule has 0 amide bonds. The Bertz CT molecular complexity index is 362. The fourth-order valence-corrected chi connectivity index (χ4v) is 2.09. The van der Waals surface area contributed by atoms with Crippen LogP contribution in [0.3, 0.4) is 0 Å². The van der Waals surface area contributed by atoms with Gasteiger partial charge in [-0.3, -0.25) is 9.59 Å². The van der Waals surface area contributed by atoms with Crippen LogP contribution in [-0.2, 0) is 23.9 Å². The smallest absolute Gasteiger partial charge is 0.330 e. The summed E-state index contributed by atoms with van der Waals surface area (Å²) in [5.74, 6) is -2.69. The Kier molecular flexibility index (Phi) is 6.05. The monoisotopic (exact) mass is 270 g/mol. The second-order valence-corrected chi connectivity index (χ2v) is 4.44. The van der Waals surface area contributed by atoms with Crippen molar-refractivity contribution in [1.82, 2.24) is 0 Å². The van der Waals surface area contributed by atoms with Crippen molar-refractivity contribution in [3.63, 3.8) is 0 Å². The summed E-state index contributed by atoms with van der Waals surface area (Å²) in [5, 5.41) is 8.92. The van der Waals surface area contributed by atoms with Crippen molar-refractivity contribution in [2.45, 2.75) is 25.7 Å². The average Bonchev–Trinajstić information content (AvgIpc) is 2.43. The second-order valence-electron chi connectivity index (χ2n) is 4.44. The molecule has 1 aliphatic carbocycles. The molecule has 0 aromatic heterocycles. The van der Waals surface area contributed by atoms with E-state index in [-0.39, 0.29) is 19.1 Å². The molecule has 2 unspecified atom stereocenters. The number of ether oxygens (including phenoxy) is 2. The van der Waals surface area contributed by atoms with Gasteiger partial charge in [0.05, 0.1) is 11.8 Å². The highest BCUT2D eigenvalue weighted by molar-refractivity contribution is 5.81. The van der Waals surface area contributed by atoms with E-state index in [1.807, 2.05) is 0 Å². The normalized spacial score (nSPS) is 22.3. The summed E-state index contributed by atoms with van der Waals surface area (Å²) in [4.78, 5) is 33.3. The van der Waals surface area contributed by atoms with Crippen LogP contribution in [0.4, 0.5) is 0 Å². The number of carboxylic acid groups (broad SMARTS) is 1. The zero-order valence-electron chi connectivity index (χ0n) is 10.7. The molecule has 0 aliphatic heterocycles. The number of hydrogen-bond acceptors (Lipinski definition) is 5. The van der Waals surface area contributed by atoms with Crippen molar-refractivity contribution in [3.8, 4) is 0 Å².